The summed E-state index contributed by atoms with van der Waals surface area (Å²) in [5, 5.41) is 0. The normalized spacial score (nSPS) is 20.2. The van der Waals surface area contributed by atoms with Crippen LogP contribution in [0.4, 0.5) is 4.39 Å². The van der Waals surface area contributed by atoms with E-state index in [1.54, 1.807) is 12.1 Å². The minimum atomic E-state index is -0.217. The van der Waals surface area contributed by atoms with Gasteiger partial charge < -0.3 is 10.5 Å². The first-order valence-electron chi connectivity index (χ1n) is 8.74. The molecule has 0 aromatic heterocycles. The number of hydrogen-bond donors (Lipinski definition) is 1. The maximum Gasteiger partial charge on any atom is 0.131 e. The molecule has 1 saturated heterocycles. The Morgan fingerprint density at radius 3 is 2.58 bits per heavy atom. The fraction of sp³-hybridized carbons (Fsp3) is 0.400. The van der Waals surface area contributed by atoms with Gasteiger partial charge in [-0.3, -0.25) is 4.90 Å². The monoisotopic (exact) mass is 326 g/mol. The molecule has 4 rings (SSSR count). The molecule has 2 aliphatic rings. The van der Waals surface area contributed by atoms with Gasteiger partial charge in [0, 0.05) is 30.6 Å². The number of benzene rings is 2. The van der Waals surface area contributed by atoms with Crippen LogP contribution in [0.1, 0.15) is 24.0 Å². The third-order valence-corrected chi connectivity index (χ3v) is 5.00. The molecule has 24 heavy (non-hydrogen) atoms. The highest BCUT2D eigenvalue weighted by Crippen LogP contribution is 2.39. The van der Waals surface area contributed by atoms with Gasteiger partial charge in [-0.2, -0.15) is 0 Å². The zero-order valence-electron chi connectivity index (χ0n) is 13.8. The molecule has 3 nitrogen and oxygen atoms in total. The van der Waals surface area contributed by atoms with Gasteiger partial charge in [-0.25, -0.2) is 4.39 Å². The van der Waals surface area contributed by atoms with Crippen LogP contribution in [0.25, 0.3) is 11.1 Å². The molecule has 0 bridgehead atoms. The summed E-state index contributed by atoms with van der Waals surface area (Å²) < 4.78 is 19.9. The van der Waals surface area contributed by atoms with Crippen molar-refractivity contribution < 1.29 is 9.13 Å². The average molecular weight is 326 g/mol. The Morgan fingerprint density at radius 2 is 1.88 bits per heavy atom. The van der Waals surface area contributed by atoms with E-state index >= 15 is 0 Å². The number of halogens is 1. The van der Waals surface area contributed by atoms with Crippen LogP contribution in [-0.4, -0.2) is 30.6 Å². The second kappa shape index (κ2) is 6.54. The highest BCUT2D eigenvalue weighted by atomic mass is 19.1. The Morgan fingerprint density at radius 1 is 1.12 bits per heavy atom. The van der Waals surface area contributed by atoms with Crippen molar-refractivity contribution in [1.82, 2.24) is 4.90 Å². The SMILES string of the molecule is NCC1Cc2cc(F)cc(-c3ccc(CN4CCCC4)cc3)c2O1. The van der Waals surface area contributed by atoms with Crippen molar-refractivity contribution >= 4 is 0 Å². The molecular weight excluding hydrogens is 303 g/mol. The lowest BCUT2D eigenvalue weighted by Gasteiger charge is -2.15. The lowest BCUT2D eigenvalue weighted by atomic mass is 9.99. The molecule has 0 aliphatic carbocycles. The number of nitrogens with zero attached hydrogens (tertiary/aromatic N) is 1. The quantitative estimate of drug-likeness (QED) is 0.936. The molecule has 2 aliphatic heterocycles. The minimum absolute atomic E-state index is 0.0463. The van der Waals surface area contributed by atoms with Gasteiger partial charge in [0.05, 0.1) is 0 Å². The lowest BCUT2D eigenvalue weighted by Crippen LogP contribution is -2.24. The summed E-state index contributed by atoms with van der Waals surface area (Å²) in [5.74, 6) is 0.574. The van der Waals surface area contributed by atoms with E-state index in [1.165, 1.54) is 31.5 Å². The largest absolute Gasteiger partial charge is 0.488 e. The smallest absolute Gasteiger partial charge is 0.131 e. The first-order chi connectivity index (χ1) is 11.7. The van der Waals surface area contributed by atoms with Gasteiger partial charge in [0.1, 0.15) is 17.7 Å². The van der Waals surface area contributed by atoms with E-state index in [2.05, 4.69) is 29.2 Å². The maximum atomic E-state index is 14.0. The van der Waals surface area contributed by atoms with Crippen molar-refractivity contribution in [2.24, 2.45) is 5.73 Å². The maximum absolute atomic E-state index is 14.0. The fourth-order valence-electron chi connectivity index (χ4n) is 3.73. The van der Waals surface area contributed by atoms with E-state index in [4.69, 9.17) is 10.5 Å². The molecular formula is C20H23FN2O. The molecule has 0 radical (unpaired) electrons. The topological polar surface area (TPSA) is 38.5 Å². The number of rotatable bonds is 4. The predicted octanol–water partition coefficient (Wildman–Crippen LogP) is 3.35. The van der Waals surface area contributed by atoms with Gasteiger partial charge in [-0.05, 0) is 49.2 Å². The summed E-state index contributed by atoms with van der Waals surface area (Å²) in [6.45, 7) is 3.82. The molecule has 1 atom stereocenters. The van der Waals surface area contributed by atoms with Crippen molar-refractivity contribution in [3.8, 4) is 16.9 Å². The number of nitrogens with two attached hydrogens (primary N) is 1. The third-order valence-electron chi connectivity index (χ3n) is 5.00. The van der Waals surface area contributed by atoms with Crippen molar-refractivity contribution in [3.63, 3.8) is 0 Å². The molecule has 2 aromatic rings. The number of hydrogen-bond acceptors (Lipinski definition) is 3. The van der Waals surface area contributed by atoms with Crippen LogP contribution in [-0.2, 0) is 13.0 Å². The summed E-state index contributed by atoms with van der Waals surface area (Å²) >= 11 is 0. The Hall–Kier alpha value is -1.91. The second-order valence-electron chi connectivity index (χ2n) is 6.80. The average Bonchev–Trinajstić information content (AvgIpc) is 3.24. The Kier molecular flexibility index (Phi) is 4.25. The number of likely N-dealkylation sites (tertiary alicyclic amines) is 1. The fourth-order valence-corrected chi connectivity index (χ4v) is 3.73. The summed E-state index contributed by atoms with van der Waals surface area (Å²) in [6.07, 6.45) is 3.24. The highest BCUT2D eigenvalue weighted by Gasteiger charge is 2.26. The van der Waals surface area contributed by atoms with Crippen LogP contribution in [0, 0.1) is 5.82 Å². The number of ether oxygens (including phenoxy) is 1. The van der Waals surface area contributed by atoms with E-state index in [9.17, 15) is 4.39 Å². The molecule has 0 amide bonds. The third kappa shape index (κ3) is 3.04. The lowest BCUT2D eigenvalue weighted by molar-refractivity contribution is 0.242. The van der Waals surface area contributed by atoms with Crippen molar-refractivity contribution in [2.75, 3.05) is 19.6 Å². The molecule has 0 saturated carbocycles. The highest BCUT2D eigenvalue weighted by molar-refractivity contribution is 5.73. The van der Waals surface area contributed by atoms with Crippen molar-refractivity contribution in [3.05, 3.63) is 53.3 Å². The molecule has 0 spiro atoms. The van der Waals surface area contributed by atoms with Crippen LogP contribution in [0.5, 0.6) is 5.75 Å². The molecule has 2 aromatic carbocycles. The van der Waals surface area contributed by atoms with E-state index < -0.39 is 0 Å². The van der Waals surface area contributed by atoms with Crippen LogP contribution in [0.2, 0.25) is 0 Å². The van der Waals surface area contributed by atoms with E-state index in [0.29, 0.717) is 13.0 Å². The van der Waals surface area contributed by atoms with Gasteiger partial charge in [-0.1, -0.05) is 24.3 Å². The van der Waals surface area contributed by atoms with E-state index in [0.717, 1.165) is 29.0 Å². The van der Waals surface area contributed by atoms with Gasteiger partial charge >= 0.3 is 0 Å². The van der Waals surface area contributed by atoms with Crippen LogP contribution < -0.4 is 10.5 Å². The van der Waals surface area contributed by atoms with Crippen LogP contribution in [0.15, 0.2) is 36.4 Å². The number of fused-ring (bicyclic) bond motifs is 1. The molecule has 4 heteroatoms. The van der Waals surface area contributed by atoms with Crippen LogP contribution in [0.3, 0.4) is 0 Å². The van der Waals surface area contributed by atoms with Crippen molar-refractivity contribution in [1.29, 1.82) is 0 Å². The standard InChI is InChI=1S/C20H23FN2O/c21-17-9-16-10-18(12-22)24-20(16)19(11-17)15-5-3-14(4-6-15)13-23-7-1-2-8-23/h3-6,9,11,18H,1-2,7-8,10,12-13,22H2. The second-order valence-corrected chi connectivity index (χ2v) is 6.80. The Labute approximate surface area is 142 Å². The molecule has 1 unspecified atom stereocenters. The van der Waals surface area contributed by atoms with Crippen molar-refractivity contribution in [2.45, 2.75) is 31.9 Å². The molecule has 1 fully saturated rings. The Balaban J connectivity index is 1.60. The predicted molar refractivity (Wildman–Crippen MR) is 93.5 cm³/mol. The Bertz CT molecular complexity index is 723. The zero-order valence-corrected chi connectivity index (χ0v) is 13.8. The molecule has 126 valence electrons. The molecule has 2 N–H and O–H groups in total. The zero-order chi connectivity index (χ0) is 16.5. The molecule has 2 heterocycles. The van der Waals surface area contributed by atoms with Gasteiger partial charge in [0.15, 0.2) is 0 Å². The van der Waals surface area contributed by atoms with E-state index in [-0.39, 0.29) is 11.9 Å². The summed E-state index contributed by atoms with van der Waals surface area (Å²) in [5.41, 5.74) is 9.75. The first-order valence-corrected chi connectivity index (χ1v) is 8.74. The van der Waals surface area contributed by atoms with Gasteiger partial charge in [-0.15, -0.1) is 0 Å². The summed E-state index contributed by atoms with van der Waals surface area (Å²) in [6, 6.07) is 11.5. The first kappa shape index (κ1) is 15.6. The minimum Gasteiger partial charge on any atom is -0.488 e. The van der Waals surface area contributed by atoms with Gasteiger partial charge in [0.25, 0.3) is 0 Å². The van der Waals surface area contributed by atoms with Gasteiger partial charge in [0.2, 0.25) is 0 Å². The summed E-state index contributed by atoms with van der Waals surface area (Å²) in [4.78, 5) is 2.48. The van der Waals surface area contributed by atoms with E-state index in [1.807, 2.05) is 0 Å². The van der Waals surface area contributed by atoms with Crippen LogP contribution >= 0.6 is 0 Å². The summed E-state index contributed by atoms with van der Waals surface area (Å²) in [7, 11) is 0.